The van der Waals surface area contributed by atoms with Crippen molar-refractivity contribution in [3.8, 4) is 0 Å². The van der Waals surface area contributed by atoms with Gasteiger partial charge in [0, 0.05) is 29.8 Å². The van der Waals surface area contributed by atoms with Crippen LogP contribution in [0, 0.1) is 5.41 Å². The van der Waals surface area contributed by atoms with E-state index in [0.29, 0.717) is 0 Å². The average molecular weight is 714 g/mol. The van der Waals surface area contributed by atoms with Crippen LogP contribution in [0.4, 0.5) is 74.6 Å². The van der Waals surface area contributed by atoms with Gasteiger partial charge in [0.2, 0.25) is 0 Å². The maximum Gasteiger partial charge on any atom is 0.460 e. The molecule has 0 atom stereocenters. The zero-order valence-electron chi connectivity index (χ0n) is 21.3. The fraction of sp³-hybridized carbons (Fsp3) is 0.895. The van der Waals surface area contributed by atoms with E-state index in [1.807, 2.05) is 0 Å². The molecule has 0 aromatic heterocycles. The van der Waals surface area contributed by atoms with Crippen LogP contribution in [0.1, 0.15) is 33.6 Å². The minimum Gasteiger partial charge on any atom is -0.300 e. The molecule has 1 aliphatic rings. The van der Waals surface area contributed by atoms with E-state index < -0.39 is 114 Å². The molecule has 24 heteroatoms. The highest BCUT2D eigenvalue weighted by Crippen LogP contribution is 2.65. The van der Waals surface area contributed by atoms with Crippen LogP contribution in [-0.2, 0) is 23.3 Å². The van der Waals surface area contributed by atoms with Crippen molar-refractivity contribution < 1.29 is 96.3 Å². The zero-order valence-corrected chi connectivity index (χ0v) is 23.0. The lowest BCUT2D eigenvalue weighted by molar-refractivity contribution is -0.458. The number of hydrogen-bond acceptors (Lipinski definition) is 5. The first-order valence-electron chi connectivity index (χ1n) is 10.9. The third-order valence-electron chi connectivity index (χ3n) is 5.98. The highest BCUT2D eigenvalue weighted by atomic mass is 32.3. The zero-order chi connectivity index (χ0) is 34.9. The lowest BCUT2D eigenvalue weighted by Crippen LogP contribution is -2.75. The van der Waals surface area contributed by atoms with Crippen molar-refractivity contribution >= 4 is 32.0 Å². The SMILES string of the molecule is CC(C)(C)C(=O)CS1(OS(=O)(=O)C(F)(F)C(F)(F)C(F)(F)C(F)(F)C(F)(F)C(F)(F)C(F)(F)C(F)(F)F)CCC(=O)CC1. The largest absolute Gasteiger partial charge is 0.460 e. The van der Waals surface area contributed by atoms with Crippen molar-refractivity contribution in [1.29, 1.82) is 0 Å². The maximum atomic E-state index is 14.5. The Morgan fingerprint density at radius 1 is 0.651 bits per heavy atom. The number of Topliss-reactive ketones (excluding diaryl/α,β-unsaturated/α-hetero) is 2. The maximum absolute atomic E-state index is 14.5. The summed E-state index contributed by atoms with van der Waals surface area (Å²) in [5.74, 6) is -57.4. The van der Waals surface area contributed by atoms with Gasteiger partial charge in [-0.3, -0.25) is 9.59 Å². The monoisotopic (exact) mass is 714 g/mol. The minimum atomic E-state index is -8.97. The van der Waals surface area contributed by atoms with Crippen LogP contribution in [-0.4, -0.2) is 84.2 Å². The summed E-state index contributed by atoms with van der Waals surface area (Å²) in [6, 6.07) is 0. The van der Waals surface area contributed by atoms with E-state index in [4.69, 9.17) is 0 Å². The summed E-state index contributed by atoms with van der Waals surface area (Å²) in [5, 5.41) is -7.85. The number of halogens is 17. The van der Waals surface area contributed by atoms with Crippen molar-refractivity contribution in [2.24, 2.45) is 5.41 Å². The van der Waals surface area contributed by atoms with Gasteiger partial charge in [-0.25, -0.2) is 3.63 Å². The van der Waals surface area contributed by atoms with Gasteiger partial charge in [-0.15, -0.1) is 10.3 Å². The van der Waals surface area contributed by atoms with E-state index in [2.05, 4.69) is 3.63 Å². The molecule has 1 aliphatic heterocycles. The van der Waals surface area contributed by atoms with Crippen LogP contribution >= 0.6 is 10.3 Å². The van der Waals surface area contributed by atoms with Crippen LogP contribution in [0.25, 0.3) is 0 Å². The van der Waals surface area contributed by atoms with Gasteiger partial charge >= 0.3 is 57.1 Å². The van der Waals surface area contributed by atoms with E-state index in [9.17, 15) is 92.6 Å². The second-order valence-corrected chi connectivity index (χ2v) is 15.2. The quantitative estimate of drug-likeness (QED) is 0.216. The van der Waals surface area contributed by atoms with Crippen molar-refractivity contribution in [3.63, 3.8) is 0 Å². The molecule has 256 valence electrons. The summed E-state index contributed by atoms with van der Waals surface area (Å²) >= 11 is 0. The van der Waals surface area contributed by atoms with Crippen LogP contribution in [0.15, 0.2) is 0 Å². The fourth-order valence-corrected chi connectivity index (χ4v) is 8.70. The first-order chi connectivity index (χ1) is 18.4. The normalized spacial score (nSPS) is 19.8. The molecule has 1 fully saturated rings. The summed E-state index contributed by atoms with van der Waals surface area (Å²) in [6.07, 6.45) is -9.50. The molecule has 0 unspecified atom stereocenters. The molecule has 0 spiro atoms. The third kappa shape index (κ3) is 6.03. The predicted octanol–water partition coefficient (Wildman–Crippen LogP) is 7.00. The van der Waals surface area contributed by atoms with E-state index >= 15 is 0 Å². The van der Waals surface area contributed by atoms with Crippen molar-refractivity contribution in [2.75, 3.05) is 17.3 Å². The summed E-state index contributed by atoms with van der Waals surface area (Å²) < 4.78 is 258. The molecule has 43 heavy (non-hydrogen) atoms. The number of hydrogen-bond donors (Lipinski definition) is 0. The van der Waals surface area contributed by atoms with Crippen LogP contribution in [0.5, 0.6) is 0 Å². The average Bonchev–Trinajstić information content (AvgIpc) is 2.78. The summed E-state index contributed by atoms with van der Waals surface area (Å²) in [6.45, 7) is 3.44. The topological polar surface area (TPSA) is 77.5 Å². The number of rotatable bonds is 11. The van der Waals surface area contributed by atoms with E-state index in [1.54, 1.807) is 0 Å². The number of ketones is 2. The second kappa shape index (κ2) is 10.7. The van der Waals surface area contributed by atoms with Crippen molar-refractivity contribution in [3.05, 3.63) is 0 Å². The van der Waals surface area contributed by atoms with Crippen LogP contribution < -0.4 is 0 Å². The smallest absolute Gasteiger partial charge is 0.300 e. The van der Waals surface area contributed by atoms with Gasteiger partial charge in [-0.1, -0.05) is 20.8 Å². The van der Waals surface area contributed by atoms with Crippen LogP contribution in [0.2, 0.25) is 0 Å². The Hall–Kier alpha value is -1.59. The van der Waals surface area contributed by atoms with E-state index in [1.165, 1.54) is 0 Å². The number of alkyl halides is 17. The Labute approximate surface area is 232 Å². The minimum absolute atomic E-state index is 0.741. The molecule has 0 N–H and O–H groups in total. The van der Waals surface area contributed by atoms with Gasteiger partial charge < -0.3 is 0 Å². The predicted molar refractivity (Wildman–Crippen MR) is 112 cm³/mol. The lowest BCUT2D eigenvalue weighted by atomic mass is 9.91. The molecule has 0 aliphatic carbocycles. The third-order valence-corrected chi connectivity index (χ3v) is 11.4. The molecule has 0 saturated carbocycles. The highest BCUT2D eigenvalue weighted by Gasteiger charge is 2.96. The molecule has 0 aromatic carbocycles. The standard InChI is InChI=1S/C19H19F17O5S2/c1-11(2,3)10(38)8-42(6-4-9(37)5-7-42)41-43(39,40)19(35,36)17(30,31)15(26,27)13(22,23)12(20,21)14(24,25)16(28,29)18(32,33)34/h4-8H2,1-3H3. The Morgan fingerprint density at radius 2 is 0.977 bits per heavy atom. The summed E-state index contributed by atoms with van der Waals surface area (Å²) in [7, 11) is -11.9. The van der Waals surface area contributed by atoms with Gasteiger partial charge in [0.15, 0.2) is 0 Å². The second-order valence-electron chi connectivity index (χ2n) is 10.2. The fourth-order valence-electron chi connectivity index (χ4n) is 3.06. The van der Waals surface area contributed by atoms with E-state index in [0.717, 1.165) is 20.8 Å². The summed E-state index contributed by atoms with van der Waals surface area (Å²) in [4.78, 5) is 23.9. The number of carbonyl (C=O) groups is 2. The molecular formula is C19H19F17O5S2. The molecule has 5 nitrogen and oxygen atoms in total. The summed E-state index contributed by atoms with van der Waals surface area (Å²) in [5.41, 5.74) is -1.47. The lowest BCUT2D eigenvalue weighted by Gasteiger charge is -2.44. The van der Waals surface area contributed by atoms with Crippen molar-refractivity contribution in [1.82, 2.24) is 0 Å². The van der Waals surface area contributed by atoms with Crippen molar-refractivity contribution in [2.45, 2.75) is 80.6 Å². The van der Waals surface area contributed by atoms with E-state index in [-0.39, 0.29) is 0 Å². The van der Waals surface area contributed by atoms with Gasteiger partial charge in [-0.05, 0) is 0 Å². The van der Waals surface area contributed by atoms with Gasteiger partial charge in [0.25, 0.3) is 0 Å². The molecule has 0 aromatic rings. The molecule has 0 amide bonds. The Balaban J connectivity index is 3.75. The first kappa shape index (κ1) is 39.4. The van der Waals surface area contributed by atoms with Gasteiger partial charge in [0.05, 0.1) is 5.75 Å². The Morgan fingerprint density at radius 3 is 1.30 bits per heavy atom. The highest BCUT2D eigenvalue weighted by molar-refractivity contribution is 8.33. The molecular weight excluding hydrogens is 695 g/mol. The Bertz CT molecular complexity index is 1190. The molecule has 1 rings (SSSR count). The Kier molecular flexibility index (Phi) is 9.86. The van der Waals surface area contributed by atoms with Gasteiger partial charge in [-0.2, -0.15) is 83.1 Å². The molecule has 1 saturated heterocycles. The number of carbonyl (C=O) groups excluding carboxylic acids is 2. The van der Waals surface area contributed by atoms with Crippen LogP contribution in [0.3, 0.4) is 0 Å². The molecule has 0 radical (unpaired) electrons. The molecule has 0 bridgehead atoms. The van der Waals surface area contributed by atoms with Gasteiger partial charge in [0.1, 0.15) is 11.6 Å². The molecule has 1 heterocycles. The first-order valence-corrected chi connectivity index (χ1v) is 14.4.